The van der Waals surface area contributed by atoms with Gasteiger partial charge in [-0.1, -0.05) is 0 Å². The summed E-state index contributed by atoms with van der Waals surface area (Å²) in [6, 6.07) is 0. The van der Waals surface area contributed by atoms with Gasteiger partial charge in [0.05, 0.1) is 0 Å². The van der Waals surface area contributed by atoms with Crippen LogP contribution in [0.25, 0.3) is 0 Å². The van der Waals surface area contributed by atoms with Crippen LogP contribution in [0.5, 0.6) is 0 Å². The molecule has 0 aromatic rings. The molecule has 5 fully saturated rings. The molecule has 5 bridgehead atoms. The lowest BCUT2D eigenvalue weighted by Gasteiger charge is -2.55. The molecule has 96 valence electrons. The first kappa shape index (κ1) is 9.93. The molecule has 11 nitrogen and oxygen atoms in total. The lowest BCUT2D eigenvalue weighted by molar-refractivity contribution is -0.405. The van der Waals surface area contributed by atoms with Gasteiger partial charge in [0, 0.05) is 0 Å². The fourth-order valence-corrected chi connectivity index (χ4v) is 4.48. The number of amides is 1. The van der Waals surface area contributed by atoms with Gasteiger partial charge in [-0.15, -0.1) is 0 Å². The van der Waals surface area contributed by atoms with Gasteiger partial charge in [-0.3, -0.25) is 4.79 Å². The summed E-state index contributed by atoms with van der Waals surface area (Å²) < 4.78 is 52.0. The SMILES string of the molecule is O=C1C(C23OP(=O)(O2)O3)=C2OP3(=O)ON1CN2O3. The molecule has 13 heteroatoms. The van der Waals surface area contributed by atoms with Crippen molar-refractivity contribution in [2.24, 2.45) is 0 Å². The average molecular weight is 296 g/mol. The fraction of sp³-hybridized carbons (Fsp3) is 0.400. The van der Waals surface area contributed by atoms with E-state index in [1.807, 2.05) is 0 Å². The van der Waals surface area contributed by atoms with Crippen LogP contribution in [0.4, 0.5) is 0 Å². The molecule has 0 N–H and O–H groups in total. The smallest absolute Gasteiger partial charge is 0.382 e. The van der Waals surface area contributed by atoms with E-state index in [0.717, 1.165) is 10.1 Å². The highest BCUT2D eigenvalue weighted by atomic mass is 31.2. The number of hydrogen-bond acceptors (Lipinski definition) is 10. The van der Waals surface area contributed by atoms with Crippen LogP contribution in [0.1, 0.15) is 0 Å². The van der Waals surface area contributed by atoms with E-state index in [-0.39, 0.29) is 18.1 Å². The number of hydrogen-bond donors (Lipinski definition) is 0. The minimum atomic E-state index is -3.86. The summed E-state index contributed by atoms with van der Waals surface area (Å²) in [5.74, 6) is -2.76. The van der Waals surface area contributed by atoms with Gasteiger partial charge in [0.2, 0.25) is 5.88 Å². The van der Waals surface area contributed by atoms with Crippen LogP contribution in [0, 0.1) is 0 Å². The Labute approximate surface area is 97.9 Å². The Kier molecular flexibility index (Phi) is 1.32. The van der Waals surface area contributed by atoms with Crippen molar-refractivity contribution < 1.29 is 41.3 Å². The second-order valence-corrected chi connectivity index (χ2v) is 6.71. The number of phosphoric ester groups is 1. The summed E-state index contributed by atoms with van der Waals surface area (Å²) in [6.45, 7) is -0.116. The number of fused-ring (bicyclic) bond motifs is 2. The number of hydroxylamine groups is 4. The third kappa shape index (κ3) is 0.885. The number of carbonyl (C=O) groups excluding carboxylic acids is 1. The molecule has 6 aliphatic rings. The number of rotatable bonds is 1. The van der Waals surface area contributed by atoms with Crippen molar-refractivity contribution in [3.05, 3.63) is 11.5 Å². The van der Waals surface area contributed by atoms with Crippen LogP contribution in [-0.4, -0.2) is 28.7 Å². The maximum absolute atomic E-state index is 12.0. The quantitative estimate of drug-likeness (QED) is 0.619. The summed E-state index contributed by atoms with van der Waals surface area (Å²) in [6.07, 6.45) is 0. The van der Waals surface area contributed by atoms with Gasteiger partial charge in [-0.2, -0.15) is 19.4 Å². The predicted octanol–water partition coefficient (Wildman–Crippen LogP) is 0.154. The zero-order valence-electron chi connectivity index (χ0n) is 8.17. The Morgan fingerprint density at radius 1 is 1.06 bits per heavy atom. The van der Waals surface area contributed by atoms with Crippen molar-refractivity contribution >= 4 is 21.6 Å². The maximum atomic E-state index is 12.0. The van der Waals surface area contributed by atoms with E-state index >= 15 is 0 Å². The van der Waals surface area contributed by atoms with E-state index < -0.39 is 27.5 Å². The van der Waals surface area contributed by atoms with Gasteiger partial charge in [0.25, 0.3) is 5.91 Å². The molecule has 5 saturated heterocycles. The molecule has 6 rings (SSSR count). The Morgan fingerprint density at radius 2 is 1.72 bits per heavy atom. The highest BCUT2D eigenvalue weighted by molar-refractivity contribution is 7.52. The third-order valence-electron chi connectivity index (χ3n) is 2.74. The normalized spacial score (nSPS) is 51.2. The van der Waals surface area contributed by atoms with E-state index in [1.54, 1.807) is 0 Å². The van der Waals surface area contributed by atoms with Crippen molar-refractivity contribution in [1.29, 1.82) is 0 Å². The lowest BCUT2D eigenvalue weighted by atomic mass is 10.2. The average Bonchev–Trinajstić information content (AvgIpc) is 2.39. The van der Waals surface area contributed by atoms with E-state index in [0.29, 0.717) is 0 Å². The van der Waals surface area contributed by atoms with Crippen molar-refractivity contribution in [2.45, 2.75) is 5.97 Å². The molecule has 1 atom stereocenters. The fourth-order valence-electron chi connectivity index (χ4n) is 2.06. The second kappa shape index (κ2) is 2.39. The van der Waals surface area contributed by atoms with Crippen molar-refractivity contribution in [3.63, 3.8) is 0 Å². The molecule has 1 unspecified atom stereocenters. The molecule has 0 saturated carbocycles. The first-order chi connectivity index (χ1) is 8.42. The number of carbonyl (C=O) groups is 1. The minimum Gasteiger partial charge on any atom is -0.382 e. The molecule has 18 heavy (non-hydrogen) atoms. The van der Waals surface area contributed by atoms with Gasteiger partial charge in [0.15, 0.2) is 5.57 Å². The summed E-state index contributed by atoms with van der Waals surface area (Å²) in [5.41, 5.74) is -0.248. The lowest BCUT2D eigenvalue weighted by Crippen LogP contribution is -2.63. The van der Waals surface area contributed by atoms with Gasteiger partial charge < -0.3 is 4.52 Å². The summed E-state index contributed by atoms with van der Waals surface area (Å²) in [4.78, 5) is 12.0. The molecular formula is C5H2N2O9P2. The van der Waals surface area contributed by atoms with Crippen LogP contribution < -0.4 is 0 Å². The molecular weight excluding hydrogens is 294 g/mol. The molecule has 6 heterocycles. The Balaban J connectivity index is 1.70. The Hall–Kier alpha value is -0.930. The molecule has 6 aliphatic heterocycles. The zero-order chi connectivity index (χ0) is 12.3. The number of phosphoric acid groups is 2. The monoisotopic (exact) mass is 296 g/mol. The van der Waals surface area contributed by atoms with Gasteiger partial charge >= 0.3 is 21.6 Å². The standard InChI is InChI=1S/C5H2N2O9P2/c8-3-2(5-12-18(10,13-5)14-5)4-7-1-6(3)15-17(9,11-4)16-7/h1H2. The van der Waals surface area contributed by atoms with E-state index in [4.69, 9.17) is 27.3 Å². The molecule has 1 amide bonds. The van der Waals surface area contributed by atoms with Crippen LogP contribution in [-0.2, 0) is 41.3 Å². The predicted molar refractivity (Wildman–Crippen MR) is 45.0 cm³/mol. The third-order valence-corrected chi connectivity index (χ3v) is 5.32. The number of nitrogens with zero attached hydrogens (tertiary/aromatic N) is 2. The highest BCUT2D eigenvalue weighted by Gasteiger charge is 2.81. The van der Waals surface area contributed by atoms with Crippen LogP contribution in [0.3, 0.4) is 0 Å². The first-order valence-electron chi connectivity index (χ1n) is 4.68. The van der Waals surface area contributed by atoms with Crippen LogP contribution >= 0.6 is 15.6 Å². The largest absolute Gasteiger partial charge is 0.575 e. The Bertz CT molecular complexity index is 629. The molecule has 0 aliphatic carbocycles. The summed E-state index contributed by atoms with van der Waals surface area (Å²) in [7, 11) is -7.33. The van der Waals surface area contributed by atoms with Crippen molar-refractivity contribution in [2.75, 3.05) is 6.67 Å². The maximum Gasteiger partial charge on any atom is 0.575 e. The molecule has 0 radical (unpaired) electrons. The summed E-state index contributed by atoms with van der Waals surface area (Å²) >= 11 is 0. The second-order valence-electron chi connectivity index (χ2n) is 3.86. The van der Waals surface area contributed by atoms with Gasteiger partial charge in [-0.05, 0) is 0 Å². The van der Waals surface area contributed by atoms with E-state index in [9.17, 15) is 13.9 Å². The van der Waals surface area contributed by atoms with Crippen LogP contribution in [0.15, 0.2) is 11.5 Å². The van der Waals surface area contributed by atoms with Gasteiger partial charge in [-0.25, -0.2) is 22.7 Å². The van der Waals surface area contributed by atoms with Crippen molar-refractivity contribution in [1.82, 2.24) is 10.1 Å². The van der Waals surface area contributed by atoms with Crippen molar-refractivity contribution in [3.8, 4) is 0 Å². The Morgan fingerprint density at radius 3 is 2.39 bits per heavy atom. The first-order valence-corrected chi connectivity index (χ1v) is 7.60. The molecule has 0 spiro atoms. The zero-order valence-corrected chi connectivity index (χ0v) is 9.96. The highest BCUT2D eigenvalue weighted by Crippen LogP contribution is 2.83. The van der Waals surface area contributed by atoms with E-state index in [2.05, 4.69) is 0 Å². The van der Waals surface area contributed by atoms with Crippen LogP contribution in [0.2, 0.25) is 0 Å². The van der Waals surface area contributed by atoms with E-state index in [1.165, 1.54) is 0 Å². The topological polar surface area (TPSA) is 113 Å². The molecule has 0 aromatic heterocycles. The minimum absolute atomic E-state index is 0.116. The van der Waals surface area contributed by atoms with Gasteiger partial charge in [0.1, 0.15) is 6.67 Å². The summed E-state index contributed by atoms with van der Waals surface area (Å²) in [5, 5.41) is 1.82. The molecule has 0 aromatic carbocycles.